The third kappa shape index (κ3) is 1.87. The number of benzene rings is 1. The van der Waals surface area contributed by atoms with Crippen LogP contribution in [0.4, 0.5) is 4.39 Å². The quantitative estimate of drug-likeness (QED) is 0.815. The van der Waals surface area contributed by atoms with Crippen LogP contribution in [0.1, 0.15) is 11.4 Å². The third-order valence-electron chi connectivity index (χ3n) is 2.03. The number of aromatic nitrogens is 2. The Morgan fingerprint density at radius 2 is 2.27 bits per heavy atom. The number of aliphatic hydroxyl groups excluding tert-OH is 1. The van der Waals surface area contributed by atoms with Crippen molar-refractivity contribution in [3.05, 3.63) is 35.4 Å². The van der Waals surface area contributed by atoms with Crippen molar-refractivity contribution in [3.63, 3.8) is 0 Å². The van der Waals surface area contributed by atoms with Gasteiger partial charge in [0.1, 0.15) is 12.4 Å². The Kier molecular flexibility index (Phi) is 2.47. The molecule has 4 nitrogen and oxygen atoms in total. The first-order valence-electron chi connectivity index (χ1n) is 4.40. The molecule has 15 heavy (non-hydrogen) atoms. The first kappa shape index (κ1) is 9.79. The normalized spacial score (nSPS) is 10.6. The fraction of sp³-hybridized carbons (Fsp3) is 0.200. The van der Waals surface area contributed by atoms with Gasteiger partial charge in [0.2, 0.25) is 0 Å². The summed E-state index contributed by atoms with van der Waals surface area (Å²) in [5.41, 5.74) is 1.06. The monoisotopic (exact) mass is 208 g/mol. The minimum Gasteiger partial charge on any atom is -0.388 e. The zero-order valence-electron chi connectivity index (χ0n) is 8.07. The molecule has 0 atom stereocenters. The van der Waals surface area contributed by atoms with Crippen molar-refractivity contribution in [1.29, 1.82) is 0 Å². The van der Waals surface area contributed by atoms with E-state index in [0.29, 0.717) is 11.1 Å². The van der Waals surface area contributed by atoms with Crippen molar-refractivity contribution in [2.75, 3.05) is 0 Å². The van der Waals surface area contributed by atoms with Gasteiger partial charge < -0.3 is 9.63 Å². The number of hydrogen-bond donors (Lipinski definition) is 1. The van der Waals surface area contributed by atoms with Crippen LogP contribution in [0.2, 0.25) is 0 Å². The van der Waals surface area contributed by atoms with Crippen molar-refractivity contribution in [2.24, 2.45) is 0 Å². The van der Waals surface area contributed by atoms with Gasteiger partial charge in [0.25, 0.3) is 5.89 Å². The lowest BCUT2D eigenvalue weighted by Gasteiger charge is -1.97. The minimum absolute atomic E-state index is 0.186. The van der Waals surface area contributed by atoms with Crippen molar-refractivity contribution >= 4 is 0 Å². The van der Waals surface area contributed by atoms with Crippen LogP contribution in [0.3, 0.4) is 0 Å². The van der Waals surface area contributed by atoms with E-state index >= 15 is 0 Å². The molecule has 0 saturated carbocycles. The van der Waals surface area contributed by atoms with Gasteiger partial charge in [-0.25, -0.2) is 4.39 Å². The molecule has 0 spiro atoms. The van der Waals surface area contributed by atoms with E-state index in [9.17, 15) is 4.39 Å². The number of rotatable bonds is 2. The molecule has 0 aliphatic carbocycles. The third-order valence-corrected chi connectivity index (χ3v) is 2.03. The summed E-state index contributed by atoms with van der Waals surface area (Å²) in [6.07, 6.45) is 0. The summed E-state index contributed by atoms with van der Waals surface area (Å²) < 4.78 is 18.1. The number of aliphatic hydroxyl groups is 1. The molecule has 2 aromatic rings. The Morgan fingerprint density at radius 3 is 2.87 bits per heavy atom. The molecule has 0 radical (unpaired) electrons. The van der Waals surface area contributed by atoms with E-state index in [1.165, 1.54) is 6.07 Å². The second-order valence-electron chi connectivity index (χ2n) is 3.14. The van der Waals surface area contributed by atoms with E-state index in [4.69, 9.17) is 9.63 Å². The van der Waals surface area contributed by atoms with Crippen molar-refractivity contribution < 1.29 is 14.0 Å². The highest BCUT2D eigenvalue weighted by Crippen LogP contribution is 2.19. The van der Waals surface area contributed by atoms with Gasteiger partial charge in [-0.1, -0.05) is 11.2 Å². The molecule has 0 bridgehead atoms. The van der Waals surface area contributed by atoms with Crippen LogP contribution in [0.5, 0.6) is 0 Å². The highest BCUT2D eigenvalue weighted by Gasteiger charge is 2.09. The summed E-state index contributed by atoms with van der Waals surface area (Å²) in [5, 5.41) is 12.2. The van der Waals surface area contributed by atoms with Crippen LogP contribution < -0.4 is 0 Å². The van der Waals surface area contributed by atoms with Gasteiger partial charge >= 0.3 is 0 Å². The van der Waals surface area contributed by atoms with E-state index in [1.807, 2.05) is 0 Å². The number of hydrogen-bond acceptors (Lipinski definition) is 4. The average Bonchev–Trinajstić information content (AvgIpc) is 2.70. The highest BCUT2D eigenvalue weighted by atomic mass is 19.1. The molecule has 0 unspecified atom stereocenters. The largest absolute Gasteiger partial charge is 0.388 e. The molecular weight excluding hydrogens is 199 g/mol. The maximum absolute atomic E-state index is 13.2. The lowest BCUT2D eigenvalue weighted by Crippen LogP contribution is -1.86. The Balaban J connectivity index is 2.40. The smallest absolute Gasteiger partial charge is 0.258 e. The summed E-state index contributed by atoms with van der Waals surface area (Å²) in [7, 11) is 0. The molecule has 2 rings (SSSR count). The van der Waals surface area contributed by atoms with E-state index < -0.39 is 0 Å². The maximum atomic E-state index is 13.2. The molecule has 1 aromatic heterocycles. The summed E-state index contributed by atoms with van der Waals surface area (Å²) in [6, 6.07) is 4.64. The predicted octanol–water partition coefficient (Wildman–Crippen LogP) is 1.68. The zero-order valence-corrected chi connectivity index (χ0v) is 8.07. The van der Waals surface area contributed by atoms with Crippen molar-refractivity contribution in [3.8, 4) is 11.5 Å². The van der Waals surface area contributed by atoms with Gasteiger partial charge in [-0.05, 0) is 24.6 Å². The number of halogens is 1. The van der Waals surface area contributed by atoms with Gasteiger partial charge in [0.15, 0.2) is 5.82 Å². The molecule has 0 amide bonds. The van der Waals surface area contributed by atoms with Crippen LogP contribution in [-0.4, -0.2) is 15.2 Å². The summed E-state index contributed by atoms with van der Waals surface area (Å²) in [5.74, 6) is 0.0696. The molecule has 5 heteroatoms. The molecule has 0 aliphatic heterocycles. The van der Waals surface area contributed by atoms with E-state index in [-0.39, 0.29) is 24.1 Å². The second-order valence-corrected chi connectivity index (χ2v) is 3.14. The highest BCUT2D eigenvalue weighted by molar-refractivity contribution is 5.53. The summed E-state index contributed by atoms with van der Waals surface area (Å²) in [4.78, 5) is 3.88. The van der Waals surface area contributed by atoms with Crippen LogP contribution in [0.15, 0.2) is 22.7 Å². The van der Waals surface area contributed by atoms with Gasteiger partial charge in [-0.3, -0.25) is 0 Å². The summed E-state index contributed by atoms with van der Waals surface area (Å²) in [6.45, 7) is 1.38. The molecule has 0 fully saturated rings. The number of nitrogens with zero attached hydrogens (tertiary/aromatic N) is 2. The Bertz CT molecular complexity index is 482. The first-order valence-corrected chi connectivity index (χ1v) is 4.40. The topological polar surface area (TPSA) is 59.2 Å². The van der Waals surface area contributed by atoms with Gasteiger partial charge in [-0.15, -0.1) is 0 Å². The zero-order chi connectivity index (χ0) is 10.8. The van der Waals surface area contributed by atoms with Gasteiger partial charge in [0, 0.05) is 5.56 Å². The molecule has 1 heterocycles. The van der Waals surface area contributed by atoms with E-state index in [2.05, 4.69) is 10.1 Å². The Morgan fingerprint density at radius 1 is 1.47 bits per heavy atom. The lowest BCUT2D eigenvalue weighted by atomic mass is 10.1. The molecule has 0 saturated heterocycles. The molecule has 78 valence electrons. The molecule has 0 aliphatic rings. The maximum Gasteiger partial charge on any atom is 0.258 e. The fourth-order valence-corrected chi connectivity index (χ4v) is 1.16. The van der Waals surface area contributed by atoms with Crippen molar-refractivity contribution in [1.82, 2.24) is 10.1 Å². The Labute approximate surface area is 85.4 Å². The molecular formula is C10H9FN2O2. The average molecular weight is 208 g/mol. The standard InChI is InChI=1S/C10H9FN2O2/c1-6-2-3-7(4-8(6)11)10-12-9(5-14)13-15-10/h2-4,14H,5H2,1H3. The fourth-order valence-electron chi connectivity index (χ4n) is 1.16. The first-order chi connectivity index (χ1) is 7.20. The van der Waals surface area contributed by atoms with Gasteiger partial charge in [0.05, 0.1) is 0 Å². The van der Waals surface area contributed by atoms with Crippen LogP contribution in [0.25, 0.3) is 11.5 Å². The summed E-state index contributed by atoms with van der Waals surface area (Å²) >= 11 is 0. The molecule has 1 N–H and O–H groups in total. The van der Waals surface area contributed by atoms with E-state index in [0.717, 1.165) is 0 Å². The van der Waals surface area contributed by atoms with Crippen molar-refractivity contribution in [2.45, 2.75) is 13.5 Å². The van der Waals surface area contributed by atoms with Gasteiger partial charge in [-0.2, -0.15) is 4.98 Å². The predicted molar refractivity (Wildman–Crippen MR) is 50.4 cm³/mol. The molecule has 1 aromatic carbocycles. The minimum atomic E-state index is -0.323. The van der Waals surface area contributed by atoms with Crippen LogP contribution in [0, 0.1) is 12.7 Å². The Hall–Kier alpha value is -1.75. The van der Waals surface area contributed by atoms with Crippen LogP contribution >= 0.6 is 0 Å². The number of aryl methyl sites for hydroxylation is 1. The lowest BCUT2D eigenvalue weighted by molar-refractivity contribution is 0.264. The second kappa shape index (κ2) is 3.78. The van der Waals surface area contributed by atoms with E-state index in [1.54, 1.807) is 19.1 Å². The van der Waals surface area contributed by atoms with Crippen LogP contribution in [-0.2, 0) is 6.61 Å². The SMILES string of the molecule is Cc1ccc(-c2nc(CO)no2)cc1F.